The summed E-state index contributed by atoms with van der Waals surface area (Å²) in [5, 5.41) is 4.76. The van der Waals surface area contributed by atoms with E-state index in [2.05, 4.69) is 10.6 Å². The minimum atomic E-state index is -1.10. The zero-order valence-corrected chi connectivity index (χ0v) is 21.3. The van der Waals surface area contributed by atoms with Crippen molar-refractivity contribution in [3.05, 3.63) is 71.8 Å². The Hall–Kier alpha value is -3.24. The summed E-state index contributed by atoms with van der Waals surface area (Å²) in [6.45, 7) is 3.84. The monoisotopic (exact) mass is 531 g/mol. The maximum absolute atomic E-state index is 13.2. The molecular formula is C25H26ClN3O6S. The molecule has 11 heteroatoms. The molecule has 0 radical (unpaired) electrons. The molecule has 0 bridgehead atoms. The number of benzene rings is 2. The van der Waals surface area contributed by atoms with Crippen LogP contribution in [0.3, 0.4) is 0 Å². The lowest BCUT2D eigenvalue weighted by atomic mass is 9.95. The first-order valence-electron chi connectivity index (χ1n) is 11.3. The van der Waals surface area contributed by atoms with Crippen molar-refractivity contribution in [2.45, 2.75) is 48.7 Å². The zero-order chi connectivity index (χ0) is 25.9. The van der Waals surface area contributed by atoms with Crippen LogP contribution in [0.25, 0.3) is 0 Å². The second-order valence-electron chi connectivity index (χ2n) is 8.87. The first kappa shape index (κ1) is 25.8. The summed E-state index contributed by atoms with van der Waals surface area (Å²) < 4.78 is 9.60. The van der Waals surface area contributed by atoms with Gasteiger partial charge in [0.05, 0.1) is 0 Å². The Labute approximate surface area is 217 Å². The summed E-state index contributed by atoms with van der Waals surface area (Å²) in [7, 11) is 0. The van der Waals surface area contributed by atoms with Crippen molar-refractivity contribution in [2.24, 2.45) is 0 Å². The topological polar surface area (TPSA) is 114 Å². The van der Waals surface area contributed by atoms with Crippen LogP contribution >= 0.6 is 23.4 Å². The van der Waals surface area contributed by atoms with Gasteiger partial charge in [0.1, 0.15) is 30.1 Å². The molecule has 2 fully saturated rings. The molecule has 0 saturated carbocycles. The van der Waals surface area contributed by atoms with Crippen molar-refractivity contribution in [1.29, 1.82) is 0 Å². The van der Waals surface area contributed by atoms with Crippen LogP contribution in [0.1, 0.15) is 31.0 Å². The highest BCUT2D eigenvalue weighted by Gasteiger charge is 2.64. The van der Waals surface area contributed by atoms with Gasteiger partial charge < -0.3 is 25.0 Å². The zero-order valence-electron chi connectivity index (χ0n) is 19.7. The number of hydrogen-bond donors (Lipinski definition) is 2. The number of fused-ring (bicyclic) bond motifs is 1. The lowest BCUT2D eigenvalue weighted by molar-refractivity contribution is -0.165. The average molecular weight is 532 g/mol. The Balaban J connectivity index is 1.44. The number of esters is 1. The number of ether oxygens (including phenoxy) is 2. The number of amides is 3. The molecule has 2 N–H and O–H groups in total. The van der Waals surface area contributed by atoms with Gasteiger partial charge in [-0.2, -0.15) is 0 Å². The number of rotatable bonds is 8. The first-order chi connectivity index (χ1) is 17.2. The fourth-order valence-corrected chi connectivity index (χ4v) is 6.05. The van der Waals surface area contributed by atoms with Crippen LogP contribution in [0.2, 0.25) is 0 Å². The Morgan fingerprint density at radius 3 is 2.33 bits per heavy atom. The third-order valence-corrected chi connectivity index (χ3v) is 7.71. The molecule has 2 aliphatic heterocycles. The molecule has 0 aromatic heterocycles. The second kappa shape index (κ2) is 10.8. The number of β-lactam (4-membered cyclic amide) rings is 1. The molecule has 2 aromatic rings. The van der Waals surface area contributed by atoms with E-state index in [1.807, 2.05) is 44.2 Å². The van der Waals surface area contributed by atoms with Crippen molar-refractivity contribution in [2.75, 3.05) is 6.07 Å². The predicted molar refractivity (Wildman–Crippen MR) is 134 cm³/mol. The summed E-state index contributed by atoms with van der Waals surface area (Å²) >= 11 is 6.87. The molecule has 9 nitrogen and oxygen atoms in total. The molecule has 0 aliphatic carbocycles. The van der Waals surface area contributed by atoms with Crippen molar-refractivity contribution in [3.8, 4) is 0 Å². The summed E-state index contributed by atoms with van der Waals surface area (Å²) in [6.07, 6.45) is -0.867. The number of thioether (sulfide) groups is 1. The highest BCUT2D eigenvalue weighted by atomic mass is 35.5. The molecule has 36 heavy (non-hydrogen) atoms. The van der Waals surface area contributed by atoms with E-state index in [1.165, 1.54) is 16.7 Å². The van der Waals surface area contributed by atoms with Gasteiger partial charge in [0, 0.05) is 4.75 Å². The molecule has 2 aliphatic rings. The predicted octanol–water partition coefficient (Wildman–Crippen LogP) is 2.94. The Morgan fingerprint density at radius 2 is 1.69 bits per heavy atom. The van der Waals surface area contributed by atoms with Gasteiger partial charge in [0.2, 0.25) is 11.8 Å². The SMILES string of the molecule is CC1(C)S[C@@H]2C(NC(=O)C(NC(=O)OCCl)c3ccccc3)C(=O)N2[C@H]1C(=O)OCc1ccccc1. The normalized spacial score (nSPS) is 22.6. The van der Waals surface area contributed by atoms with Crippen molar-refractivity contribution in [3.63, 3.8) is 0 Å². The van der Waals surface area contributed by atoms with E-state index in [0.717, 1.165) is 5.56 Å². The number of halogens is 1. The van der Waals surface area contributed by atoms with E-state index in [1.54, 1.807) is 30.3 Å². The lowest BCUT2D eigenvalue weighted by Crippen LogP contribution is -2.71. The number of nitrogens with one attached hydrogen (secondary N) is 2. The summed E-state index contributed by atoms with van der Waals surface area (Å²) in [5.74, 6) is -1.47. The van der Waals surface area contributed by atoms with Crippen molar-refractivity contribution >= 4 is 47.2 Å². The van der Waals surface area contributed by atoms with Crippen LogP contribution < -0.4 is 10.6 Å². The summed E-state index contributed by atoms with van der Waals surface area (Å²) in [4.78, 5) is 52.7. The summed E-state index contributed by atoms with van der Waals surface area (Å²) in [6, 6.07) is 14.7. The number of alkyl carbamates (subject to hydrolysis) is 1. The third-order valence-electron chi connectivity index (χ3n) is 6.03. The Kier molecular flexibility index (Phi) is 7.75. The quantitative estimate of drug-likeness (QED) is 0.306. The Morgan fingerprint density at radius 1 is 1.06 bits per heavy atom. The fraction of sp³-hybridized carbons (Fsp3) is 0.360. The van der Waals surface area contributed by atoms with Crippen LogP contribution in [0.4, 0.5) is 4.79 Å². The molecule has 3 amide bonds. The number of alkyl halides is 1. The highest BCUT2D eigenvalue weighted by Crippen LogP contribution is 2.51. The van der Waals surface area contributed by atoms with Gasteiger partial charge in [-0.05, 0) is 25.0 Å². The van der Waals surface area contributed by atoms with E-state index < -0.39 is 46.2 Å². The van der Waals surface area contributed by atoms with Crippen LogP contribution in [0.15, 0.2) is 60.7 Å². The first-order valence-corrected chi connectivity index (χ1v) is 12.7. The van der Waals surface area contributed by atoms with E-state index in [0.29, 0.717) is 5.56 Å². The molecule has 190 valence electrons. The number of hydrogen-bond acceptors (Lipinski definition) is 7. The maximum Gasteiger partial charge on any atom is 0.409 e. The van der Waals surface area contributed by atoms with E-state index in [9.17, 15) is 19.2 Å². The molecular weight excluding hydrogens is 506 g/mol. The highest BCUT2D eigenvalue weighted by molar-refractivity contribution is 8.01. The lowest BCUT2D eigenvalue weighted by Gasteiger charge is -2.44. The average Bonchev–Trinajstić information content (AvgIpc) is 3.13. The molecule has 4 atom stereocenters. The van der Waals surface area contributed by atoms with Gasteiger partial charge in [-0.1, -0.05) is 72.3 Å². The smallest absolute Gasteiger partial charge is 0.409 e. The Bertz CT molecular complexity index is 1130. The standard InChI is InChI=1S/C25H26ClN3O6S/c1-25(2)19(23(32)34-13-15-9-5-3-6-10-15)29-21(31)18(22(29)36-25)27-20(30)17(28-24(33)35-14-26)16-11-7-4-8-12-16/h3-12,17-19,22H,13-14H2,1-2H3,(H,27,30)(H,28,33)/t17?,18?,19-,22+/m0/s1. The molecule has 2 saturated heterocycles. The van der Waals surface area contributed by atoms with Crippen LogP contribution in [-0.4, -0.2) is 57.0 Å². The molecule has 2 unspecified atom stereocenters. The fourth-order valence-electron chi connectivity index (χ4n) is 4.33. The minimum Gasteiger partial charge on any atom is -0.459 e. The van der Waals surface area contributed by atoms with Gasteiger partial charge in [0.25, 0.3) is 0 Å². The third kappa shape index (κ3) is 5.29. The number of carbonyl (C=O) groups is 4. The van der Waals surface area contributed by atoms with Gasteiger partial charge in [-0.15, -0.1) is 11.8 Å². The number of nitrogens with zero attached hydrogens (tertiary/aromatic N) is 1. The van der Waals surface area contributed by atoms with Crippen molar-refractivity contribution in [1.82, 2.24) is 15.5 Å². The van der Waals surface area contributed by atoms with Crippen LogP contribution in [0.5, 0.6) is 0 Å². The number of carbonyl (C=O) groups excluding carboxylic acids is 4. The van der Waals surface area contributed by atoms with E-state index >= 15 is 0 Å². The van der Waals surface area contributed by atoms with Crippen LogP contribution in [-0.2, 0) is 30.5 Å². The molecule has 2 aromatic carbocycles. The molecule has 4 rings (SSSR count). The van der Waals surface area contributed by atoms with Gasteiger partial charge in [-0.25, -0.2) is 9.59 Å². The van der Waals surface area contributed by atoms with Gasteiger partial charge in [-0.3, -0.25) is 9.59 Å². The summed E-state index contributed by atoms with van der Waals surface area (Å²) in [5.41, 5.74) is 1.35. The van der Waals surface area contributed by atoms with Crippen LogP contribution in [0, 0.1) is 0 Å². The van der Waals surface area contributed by atoms with E-state index in [-0.39, 0.29) is 18.6 Å². The van der Waals surface area contributed by atoms with Crippen molar-refractivity contribution < 1.29 is 28.7 Å². The molecule has 2 heterocycles. The van der Waals surface area contributed by atoms with Gasteiger partial charge >= 0.3 is 12.1 Å². The maximum atomic E-state index is 13.2. The van der Waals surface area contributed by atoms with E-state index in [4.69, 9.17) is 21.1 Å². The van der Waals surface area contributed by atoms with Gasteiger partial charge in [0.15, 0.2) is 6.07 Å². The minimum absolute atomic E-state index is 0.104. The largest absolute Gasteiger partial charge is 0.459 e. The second-order valence-corrected chi connectivity index (χ2v) is 10.9. The molecule has 0 spiro atoms.